The van der Waals surface area contributed by atoms with E-state index in [1.807, 2.05) is 0 Å². The molecule has 0 aliphatic heterocycles. The fraction of sp³-hybridized carbons (Fsp3) is 0.667. The Morgan fingerprint density at radius 1 is 1.50 bits per heavy atom. The molecule has 3 heteroatoms. The molecule has 70 valence electrons. The van der Waals surface area contributed by atoms with Crippen molar-refractivity contribution in [1.29, 1.82) is 0 Å². The van der Waals surface area contributed by atoms with Crippen LogP contribution in [0.5, 0.6) is 0 Å². The van der Waals surface area contributed by atoms with E-state index in [0.717, 1.165) is 19.4 Å². The molecule has 0 bridgehead atoms. The molecule has 0 amide bonds. The Hall–Kier alpha value is -0.990. The molecule has 0 saturated heterocycles. The van der Waals surface area contributed by atoms with Gasteiger partial charge in [-0.25, -0.2) is 4.79 Å². The lowest BCUT2D eigenvalue weighted by atomic mass is 10.3. The summed E-state index contributed by atoms with van der Waals surface area (Å²) in [4.78, 5) is 10.7. The van der Waals surface area contributed by atoms with Gasteiger partial charge in [0.05, 0.1) is 6.61 Å². The van der Waals surface area contributed by atoms with Gasteiger partial charge in [0.1, 0.15) is 0 Å². The summed E-state index contributed by atoms with van der Waals surface area (Å²) in [6.45, 7) is 5.25. The number of esters is 1. The van der Waals surface area contributed by atoms with E-state index >= 15 is 0 Å². The fourth-order valence-electron chi connectivity index (χ4n) is 0.680. The van der Waals surface area contributed by atoms with Gasteiger partial charge < -0.3 is 10.1 Å². The van der Waals surface area contributed by atoms with Gasteiger partial charge in [-0.15, -0.1) is 0 Å². The van der Waals surface area contributed by atoms with Crippen LogP contribution >= 0.6 is 0 Å². The van der Waals surface area contributed by atoms with Crippen LogP contribution in [0.3, 0.4) is 0 Å². The molecule has 0 unspecified atom stereocenters. The molecule has 1 N–H and O–H groups in total. The van der Waals surface area contributed by atoms with Gasteiger partial charge in [-0.3, -0.25) is 0 Å². The van der Waals surface area contributed by atoms with Crippen molar-refractivity contribution in [1.82, 2.24) is 5.32 Å². The number of nitrogens with one attached hydrogen (secondary N) is 1. The van der Waals surface area contributed by atoms with E-state index in [-0.39, 0.29) is 5.97 Å². The molecule has 0 aromatic rings. The second kappa shape index (κ2) is 8.11. The van der Waals surface area contributed by atoms with Gasteiger partial charge in [-0.2, -0.15) is 0 Å². The lowest BCUT2D eigenvalue weighted by Crippen LogP contribution is -2.08. The summed E-state index contributed by atoms with van der Waals surface area (Å²) in [6, 6.07) is 0. The normalized spacial score (nSPS) is 10.2. The van der Waals surface area contributed by atoms with Gasteiger partial charge in [0, 0.05) is 18.8 Å². The van der Waals surface area contributed by atoms with Crippen molar-refractivity contribution in [3.05, 3.63) is 12.3 Å². The van der Waals surface area contributed by atoms with E-state index in [0.29, 0.717) is 6.61 Å². The van der Waals surface area contributed by atoms with Crippen LogP contribution in [0.4, 0.5) is 0 Å². The molecule has 0 saturated carbocycles. The second-order valence-corrected chi connectivity index (χ2v) is 2.39. The van der Waals surface area contributed by atoms with Crippen molar-refractivity contribution < 1.29 is 9.53 Å². The summed E-state index contributed by atoms with van der Waals surface area (Å²) >= 11 is 0. The average Bonchev–Trinajstić information content (AvgIpc) is 2.05. The van der Waals surface area contributed by atoms with E-state index in [4.69, 9.17) is 0 Å². The van der Waals surface area contributed by atoms with Gasteiger partial charge in [0.15, 0.2) is 0 Å². The third-order valence-corrected chi connectivity index (χ3v) is 1.30. The van der Waals surface area contributed by atoms with Gasteiger partial charge in [0.2, 0.25) is 0 Å². The first kappa shape index (κ1) is 11.0. The molecule has 0 aromatic carbocycles. The predicted octanol–water partition coefficient (Wildman–Crippen LogP) is 1.45. The first-order chi connectivity index (χ1) is 5.81. The number of hydrogen-bond acceptors (Lipinski definition) is 3. The fourth-order valence-corrected chi connectivity index (χ4v) is 0.680. The van der Waals surface area contributed by atoms with Gasteiger partial charge in [0.25, 0.3) is 0 Å². The highest BCUT2D eigenvalue weighted by atomic mass is 16.5. The molecule has 3 nitrogen and oxygen atoms in total. The molecule has 0 rings (SSSR count). The van der Waals surface area contributed by atoms with Crippen molar-refractivity contribution in [2.45, 2.75) is 26.7 Å². The van der Waals surface area contributed by atoms with E-state index in [1.165, 1.54) is 6.08 Å². The molecule has 0 radical (unpaired) electrons. The summed E-state index contributed by atoms with van der Waals surface area (Å²) in [5.74, 6) is -0.290. The summed E-state index contributed by atoms with van der Waals surface area (Å²) in [5.41, 5.74) is 0. The zero-order chi connectivity index (χ0) is 9.23. The maximum absolute atomic E-state index is 10.7. The topological polar surface area (TPSA) is 38.3 Å². The molecule has 0 spiro atoms. The number of ether oxygens (including phenoxy) is 1. The van der Waals surface area contributed by atoms with Crippen molar-refractivity contribution in [2.75, 3.05) is 13.2 Å². The Labute approximate surface area is 73.8 Å². The molecule has 0 atom stereocenters. The van der Waals surface area contributed by atoms with Crippen molar-refractivity contribution >= 4 is 5.97 Å². The summed E-state index contributed by atoms with van der Waals surface area (Å²) < 4.78 is 4.68. The number of hydrogen-bond donors (Lipinski definition) is 1. The lowest BCUT2D eigenvalue weighted by molar-refractivity contribution is -0.137. The summed E-state index contributed by atoms with van der Waals surface area (Å²) in [7, 11) is 0. The number of rotatable bonds is 6. The molecule has 0 heterocycles. The van der Waals surface area contributed by atoms with E-state index < -0.39 is 0 Å². The van der Waals surface area contributed by atoms with E-state index in [9.17, 15) is 4.79 Å². The van der Waals surface area contributed by atoms with E-state index in [2.05, 4.69) is 17.0 Å². The van der Waals surface area contributed by atoms with Crippen LogP contribution in [0, 0.1) is 0 Å². The van der Waals surface area contributed by atoms with Crippen LogP contribution in [-0.2, 0) is 9.53 Å². The molecule has 0 aliphatic rings. The van der Waals surface area contributed by atoms with Crippen LogP contribution in [0.15, 0.2) is 12.3 Å². The number of carbonyl (C=O) groups excluding carboxylic acids is 1. The standard InChI is InChI=1S/C9H17NO2/c1-3-5-7-10-8-6-9(11)12-4-2/h6,8,10H,3-5,7H2,1-2H3. The van der Waals surface area contributed by atoms with Crippen LogP contribution in [0.1, 0.15) is 26.7 Å². The Bertz CT molecular complexity index is 143. The maximum atomic E-state index is 10.7. The average molecular weight is 171 g/mol. The Morgan fingerprint density at radius 2 is 2.25 bits per heavy atom. The van der Waals surface area contributed by atoms with Crippen molar-refractivity contribution in [3.8, 4) is 0 Å². The highest BCUT2D eigenvalue weighted by Gasteiger charge is 1.90. The zero-order valence-corrected chi connectivity index (χ0v) is 7.80. The smallest absolute Gasteiger partial charge is 0.332 e. The predicted molar refractivity (Wildman–Crippen MR) is 48.7 cm³/mol. The molecular formula is C9H17NO2. The largest absolute Gasteiger partial charge is 0.463 e. The lowest BCUT2D eigenvalue weighted by Gasteiger charge is -1.97. The van der Waals surface area contributed by atoms with Crippen LogP contribution in [0.2, 0.25) is 0 Å². The first-order valence-corrected chi connectivity index (χ1v) is 4.38. The Kier molecular flexibility index (Phi) is 7.44. The van der Waals surface area contributed by atoms with Crippen LogP contribution in [-0.4, -0.2) is 19.1 Å². The Morgan fingerprint density at radius 3 is 2.83 bits per heavy atom. The van der Waals surface area contributed by atoms with E-state index in [1.54, 1.807) is 13.1 Å². The minimum atomic E-state index is -0.290. The van der Waals surface area contributed by atoms with Gasteiger partial charge in [-0.1, -0.05) is 13.3 Å². The summed E-state index contributed by atoms with van der Waals surface area (Å²) in [5, 5.41) is 2.99. The van der Waals surface area contributed by atoms with Gasteiger partial charge in [-0.05, 0) is 13.3 Å². The second-order valence-electron chi connectivity index (χ2n) is 2.39. The van der Waals surface area contributed by atoms with Crippen LogP contribution in [0.25, 0.3) is 0 Å². The number of carbonyl (C=O) groups is 1. The quantitative estimate of drug-likeness (QED) is 0.373. The van der Waals surface area contributed by atoms with Crippen molar-refractivity contribution in [2.24, 2.45) is 0 Å². The minimum Gasteiger partial charge on any atom is -0.463 e. The molecule has 12 heavy (non-hydrogen) atoms. The number of unbranched alkanes of at least 4 members (excludes halogenated alkanes) is 1. The van der Waals surface area contributed by atoms with Crippen molar-refractivity contribution in [3.63, 3.8) is 0 Å². The molecular weight excluding hydrogens is 154 g/mol. The molecule has 0 fully saturated rings. The monoisotopic (exact) mass is 171 g/mol. The van der Waals surface area contributed by atoms with Crippen LogP contribution < -0.4 is 5.32 Å². The minimum absolute atomic E-state index is 0.290. The van der Waals surface area contributed by atoms with Gasteiger partial charge >= 0.3 is 5.97 Å². The third-order valence-electron chi connectivity index (χ3n) is 1.30. The Balaban J connectivity index is 3.29. The first-order valence-electron chi connectivity index (χ1n) is 4.38. The highest BCUT2D eigenvalue weighted by Crippen LogP contribution is 1.83. The zero-order valence-electron chi connectivity index (χ0n) is 7.80. The maximum Gasteiger partial charge on any atom is 0.332 e. The molecule has 0 aliphatic carbocycles. The summed E-state index contributed by atoms with van der Waals surface area (Å²) in [6.07, 6.45) is 5.31. The highest BCUT2D eigenvalue weighted by molar-refractivity contribution is 5.81. The molecule has 0 aromatic heterocycles. The SMILES string of the molecule is CCCCNC=CC(=O)OCC. The third kappa shape index (κ3) is 7.12.